The zero-order valence-electron chi connectivity index (χ0n) is 4.17. The number of nitrogens with zero attached hydrogens (tertiary/aromatic N) is 1. The predicted octanol–water partition coefficient (Wildman–Crippen LogP) is 1.09. The van der Waals surface area contributed by atoms with Gasteiger partial charge in [0.2, 0.25) is 0 Å². The van der Waals surface area contributed by atoms with Gasteiger partial charge in [0.25, 0.3) is 0 Å². The van der Waals surface area contributed by atoms with Crippen molar-refractivity contribution in [1.82, 2.24) is 4.90 Å². The lowest BCUT2D eigenvalue weighted by atomic mass is 10.2. The molecule has 1 atom stereocenters. The highest BCUT2D eigenvalue weighted by Crippen LogP contribution is 2.21. The van der Waals surface area contributed by atoms with E-state index in [1.807, 2.05) is 0 Å². The average Bonchev–Trinajstić information content (AvgIpc) is 1.61. The van der Waals surface area contributed by atoms with Gasteiger partial charge in [-0.1, -0.05) is 15.9 Å². The minimum atomic E-state index is -0.835. The zero-order valence-corrected chi connectivity index (χ0v) is 5.76. The Bertz CT molecular complexity index is 117. The van der Waals surface area contributed by atoms with Crippen molar-refractivity contribution in [2.75, 3.05) is 6.54 Å². The number of hydrogen-bond acceptors (Lipinski definition) is 1. The second-order valence-electron chi connectivity index (χ2n) is 1.70. The van der Waals surface area contributed by atoms with Crippen LogP contribution < -0.4 is 0 Å². The lowest BCUT2D eigenvalue weighted by molar-refractivity contribution is 0.110. The molecule has 0 aromatic heterocycles. The normalized spacial score (nSPS) is 27.1. The van der Waals surface area contributed by atoms with Crippen molar-refractivity contribution >= 4 is 22.0 Å². The highest BCUT2D eigenvalue weighted by molar-refractivity contribution is 9.09. The van der Waals surface area contributed by atoms with Crippen LogP contribution in [0, 0.1) is 0 Å². The van der Waals surface area contributed by atoms with Crippen LogP contribution in [0.5, 0.6) is 0 Å². The molecular weight excluding hydrogens is 174 g/mol. The molecule has 4 heteroatoms. The monoisotopic (exact) mass is 179 g/mol. The number of hydrogen-bond donors (Lipinski definition) is 1. The van der Waals surface area contributed by atoms with E-state index < -0.39 is 6.09 Å². The summed E-state index contributed by atoms with van der Waals surface area (Å²) in [6.45, 7) is 0.672. The van der Waals surface area contributed by atoms with Crippen LogP contribution in [0.4, 0.5) is 4.79 Å². The molecule has 1 aliphatic rings. The van der Waals surface area contributed by atoms with Gasteiger partial charge in [-0.2, -0.15) is 0 Å². The SMILES string of the molecule is O=C(O)N1CCC1Br. The fraction of sp³-hybridized carbons (Fsp3) is 0.750. The molecule has 1 amide bonds. The molecule has 1 saturated heterocycles. The first-order valence-electron chi connectivity index (χ1n) is 2.35. The Kier molecular flexibility index (Phi) is 1.42. The van der Waals surface area contributed by atoms with Crippen molar-refractivity contribution in [2.24, 2.45) is 0 Å². The van der Waals surface area contributed by atoms with Crippen molar-refractivity contribution in [2.45, 2.75) is 11.4 Å². The van der Waals surface area contributed by atoms with E-state index in [4.69, 9.17) is 5.11 Å². The summed E-state index contributed by atoms with van der Waals surface area (Å²) in [6.07, 6.45) is 0.102. The van der Waals surface area contributed by atoms with E-state index in [2.05, 4.69) is 15.9 Å². The quantitative estimate of drug-likeness (QED) is 0.447. The maximum absolute atomic E-state index is 10.1. The van der Waals surface area contributed by atoms with Crippen molar-refractivity contribution in [3.8, 4) is 0 Å². The minimum absolute atomic E-state index is 0.0694. The van der Waals surface area contributed by atoms with Gasteiger partial charge < -0.3 is 5.11 Å². The van der Waals surface area contributed by atoms with Crippen LogP contribution in [0.1, 0.15) is 6.42 Å². The fourth-order valence-corrected chi connectivity index (χ4v) is 1.16. The van der Waals surface area contributed by atoms with Crippen LogP contribution in [-0.4, -0.2) is 27.6 Å². The number of amides is 1. The van der Waals surface area contributed by atoms with Gasteiger partial charge in [0.05, 0.1) is 4.95 Å². The molecule has 0 aromatic rings. The van der Waals surface area contributed by atoms with E-state index in [1.54, 1.807) is 0 Å². The largest absolute Gasteiger partial charge is 0.465 e. The molecule has 0 aliphatic carbocycles. The average molecular weight is 180 g/mol. The highest BCUT2D eigenvalue weighted by Gasteiger charge is 2.28. The molecule has 3 nitrogen and oxygen atoms in total. The number of alkyl halides is 1. The Morgan fingerprint density at radius 1 is 1.88 bits per heavy atom. The van der Waals surface area contributed by atoms with E-state index in [-0.39, 0.29) is 4.95 Å². The fourth-order valence-electron chi connectivity index (χ4n) is 0.571. The van der Waals surface area contributed by atoms with E-state index in [0.29, 0.717) is 6.54 Å². The van der Waals surface area contributed by atoms with Crippen LogP contribution in [0.2, 0.25) is 0 Å². The van der Waals surface area contributed by atoms with Gasteiger partial charge >= 0.3 is 6.09 Å². The first-order chi connectivity index (χ1) is 3.72. The summed E-state index contributed by atoms with van der Waals surface area (Å²) in [6, 6.07) is 0. The zero-order chi connectivity index (χ0) is 6.15. The van der Waals surface area contributed by atoms with Gasteiger partial charge in [-0.25, -0.2) is 4.79 Å². The first kappa shape index (κ1) is 5.88. The Labute approximate surface area is 55.4 Å². The third-order valence-electron chi connectivity index (χ3n) is 1.19. The topological polar surface area (TPSA) is 40.5 Å². The molecule has 8 heavy (non-hydrogen) atoms. The summed E-state index contributed by atoms with van der Waals surface area (Å²) in [5.74, 6) is 0. The number of rotatable bonds is 0. The molecule has 0 spiro atoms. The highest BCUT2D eigenvalue weighted by atomic mass is 79.9. The van der Waals surface area contributed by atoms with Crippen LogP contribution in [0.25, 0.3) is 0 Å². The Morgan fingerprint density at radius 3 is 2.50 bits per heavy atom. The van der Waals surface area contributed by atoms with E-state index >= 15 is 0 Å². The molecule has 0 saturated carbocycles. The standard InChI is InChI=1S/C4H6BrNO2/c5-3-1-2-6(3)4(7)8/h3H,1-2H2,(H,7,8). The Morgan fingerprint density at radius 2 is 2.50 bits per heavy atom. The molecule has 1 aliphatic heterocycles. The second kappa shape index (κ2) is 1.93. The molecular formula is C4H6BrNO2. The summed E-state index contributed by atoms with van der Waals surface area (Å²) in [7, 11) is 0. The number of likely N-dealkylation sites (tertiary alicyclic amines) is 1. The Balaban J connectivity index is 2.37. The molecule has 1 unspecified atom stereocenters. The van der Waals surface area contributed by atoms with Gasteiger partial charge in [-0.15, -0.1) is 0 Å². The third-order valence-corrected chi connectivity index (χ3v) is 2.14. The summed E-state index contributed by atoms with van der Waals surface area (Å²) < 4.78 is 0. The molecule has 46 valence electrons. The summed E-state index contributed by atoms with van der Waals surface area (Å²) in [5, 5.41) is 8.30. The van der Waals surface area contributed by atoms with Gasteiger partial charge in [-0.3, -0.25) is 4.90 Å². The summed E-state index contributed by atoms with van der Waals surface area (Å²) >= 11 is 3.17. The number of carboxylic acid groups (broad SMARTS) is 1. The lowest BCUT2D eigenvalue weighted by Crippen LogP contribution is -2.46. The summed E-state index contributed by atoms with van der Waals surface area (Å²) in [5.41, 5.74) is 0. The van der Waals surface area contributed by atoms with Gasteiger partial charge in [0.1, 0.15) is 0 Å². The van der Waals surface area contributed by atoms with Crippen LogP contribution in [0.15, 0.2) is 0 Å². The molecule has 0 radical (unpaired) electrons. The smallest absolute Gasteiger partial charge is 0.408 e. The lowest BCUT2D eigenvalue weighted by Gasteiger charge is -2.34. The van der Waals surface area contributed by atoms with Crippen molar-refractivity contribution < 1.29 is 9.90 Å². The predicted molar refractivity (Wildman–Crippen MR) is 32.1 cm³/mol. The molecule has 1 heterocycles. The van der Waals surface area contributed by atoms with Gasteiger partial charge in [-0.05, 0) is 6.42 Å². The van der Waals surface area contributed by atoms with Crippen LogP contribution in [0.3, 0.4) is 0 Å². The first-order valence-corrected chi connectivity index (χ1v) is 3.27. The molecule has 1 N–H and O–H groups in total. The van der Waals surface area contributed by atoms with Crippen LogP contribution in [-0.2, 0) is 0 Å². The second-order valence-corrected chi connectivity index (χ2v) is 2.76. The summed E-state index contributed by atoms with van der Waals surface area (Å²) in [4.78, 5) is 11.5. The molecule has 1 fully saturated rings. The minimum Gasteiger partial charge on any atom is -0.465 e. The Hall–Kier alpha value is -0.250. The van der Waals surface area contributed by atoms with E-state index in [9.17, 15) is 4.79 Å². The molecule has 0 aromatic carbocycles. The number of carbonyl (C=O) groups is 1. The maximum Gasteiger partial charge on any atom is 0.408 e. The maximum atomic E-state index is 10.1. The van der Waals surface area contributed by atoms with Crippen LogP contribution >= 0.6 is 15.9 Å². The van der Waals surface area contributed by atoms with Gasteiger partial charge in [0.15, 0.2) is 0 Å². The van der Waals surface area contributed by atoms with Gasteiger partial charge in [0, 0.05) is 6.54 Å². The third kappa shape index (κ3) is 0.798. The molecule has 1 rings (SSSR count). The van der Waals surface area contributed by atoms with E-state index in [0.717, 1.165) is 6.42 Å². The van der Waals surface area contributed by atoms with Crippen molar-refractivity contribution in [1.29, 1.82) is 0 Å². The van der Waals surface area contributed by atoms with Crippen molar-refractivity contribution in [3.63, 3.8) is 0 Å². The van der Waals surface area contributed by atoms with E-state index in [1.165, 1.54) is 4.90 Å². The van der Waals surface area contributed by atoms with Crippen molar-refractivity contribution in [3.05, 3.63) is 0 Å². The number of halogens is 1. The molecule has 0 bridgehead atoms.